The van der Waals surface area contributed by atoms with E-state index in [4.69, 9.17) is 15.9 Å². The number of methoxy groups -OCH3 is 1. The summed E-state index contributed by atoms with van der Waals surface area (Å²) in [5, 5.41) is 9.15. The van der Waals surface area contributed by atoms with Gasteiger partial charge in [0.05, 0.1) is 18.1 Å². The highest BCUT2D eigenvalue weighted by atomic mass is 16.5. The molecule has 0 bridgehead atoms. The molecule has 1 atom stereocenters. The Morgan fingerprint density at radius 2 is 2.40 bits per heavy atom. The van der Waals surface area contributed by atoms with Crippen LogP contribution in [-0.4, -0.2) is 19.6 Å². The molecule has 0 unspecified atom stereocenters. The van der Waals surface area contributed by atoms with Crippen molar-refractivity contribution in [1.29, 1.82) is 5.41 Å². The minimum atomic E-state index is -0.104. The van der Waals surface area contributed by atoms with Gasteiger partial charge in [-0.15, -0.1) is 0 Å². The van der Waals surface area contributed by atoms with E-state index in [0.717, 1.165) is 6.34 Å². The van der Waals surface area contributed by atoms with Gasteiger partial charge in [-0.1, -0.05) is 0 Å². The van der Waals surface area contributed by atoms with Gasteiger partial charge in [0, 0.05) is 13.3 Å². The van der Waals surface area contributed by atoms with Crippen LogP contribution >= 0.6 is 0 Å². The van der Waals surface area contributed by atoms with E-state index in [2.05, 4.69) is 5.32 Å². The fourth-order valence-electron chi connectivity index (χ4n) is 0.391. The maximum Gasteiger partial charge on any atom is 0.0950 e. The van der Waals surface area contributed by atoms with Gasteiger partial charge in [0.25, 0.3) is 0 Å². The third-order valence-electron chi connectivity index (χ3n) is 1.16. The molecule has 0 aliphatic rings. The van der Waals surface area contributed by atoms with Gasteiger partial charge in [0.2, 0.25) is 0 Å². The lowest BCUT2D eigenvalue weighted by atomic mass is 10.3. The molecule has 0 fully saturated rings. The Morgan fingerprint density at radius 3 is 2.80 bits per heavy atom. The lowest BCUT2D eigenvalue weighted by molar-refractivity contribution is 0.145. The Kier molecular flexibility index (Phi) is 4.32. The number of rotatable bonds is 4. The van der Waals surface area contributed by atoms with E-state index in [1.165, 1.54) is 6.20 Å². The standard InChI is InChI=1S/C6H13N3O/c1-5(10-2)6(8)3-9-4-7/h3-5H,8H2,1-2H3,(H2,7,9)/b6-3-/t5-/m1/s1. The van der Waals surface area contributed by atoms with Crippen molar-refractivity contribution in [2.24, 2.45) is 5.73 Å². The highest BCUT2D eigenvalue weighted by Gasteiger charge is 1.99. The molecule has 4 N–H and O–H groups in total. The second-order valence-corrected chi connectivity index (χ2v) is 1.83. The highest BCUT2D eigenvalue weighted by molar-refractivity contribution is 5.51. The smallest absolute Gasteiger partial charge is 0.0950 e. The molecule has 58 valence electrons. The van der Waals surface area contributed by atoms with Crippen LogP contribution in [0.3, 0.4) is 0 Å². The van der Waals surface area contributed by atoms with Gasteiger partial charge in [-0.2, -0.15) is 0 Å². The van der Waals surface area contributed by atoms with Crippen LogP contribution < -0.4 is 11.1 Å². The molecule has 0 saturated carbocycles. The van der Waals surface area contributed by atoms with Crippen LogP contribution in [0.15, 0.2) is 11.9 Å². The molecule has 0 aliphatic carbocycles. The minimum Gasteiger partial charge on any atom is -0.399 e. The average Bonchev–Trinajstić information content (AvgIpc) is 1.98. The second kappa shape index (κ2) is 4.81. The predicted octanol–water partition coefficient (Wildman–Crippen LogP) is 0.0181. The zero-order valence-electron chi connectivity index (χ0n) is 6.22. The fraction of sp³-hybridized carbons (Fsp3) is 0.500. The van der Waals surface area contributed by atoms with Gasteiger partial charge < -0.3 is 15.8 Å². The number of hydrogen-bond donors (Lipinski definition) is 3. The monoisotopic (exact) mass is 143 g/mol. The lowest BCUT2D eigenvalue weighted by Gasteiger charge is -2.08. The summed E-state index contributed by atoms with van der Waals surface area (Å²) in [5.41, 5.74) is 6.06. The Hall–Kier alpha value is -1.03. The number of hydrogen-bond acceptors (Lipinski definition) is 3. The summed E-state index contributed by atoms with van der Waals surface area (Å²) in [7, 11) is 1.58. The van der Waals surface area contributed by atoms with E-state index in [0.29, 0.717) is 5.70 Å². The molecule has 4 heteroatoms. The van der Waals surface area contributed by atoms with Crippen LogP contribution in [0.4, 0.5) is 0 Å². The van der Waals surface area contributed by atoms with E-state index >= 15 is 0 Å². The maximum atomic E-state index is 6.62. The summed E-state index contributed by atoms with van der Waals surface area (Å²) >= 11 is 0. The maximum absolute atomic E-state index is 6.62. The van der Waals surface area contributed by atoms with Crippen molar-refractivity contribution in [3.63, 3.8) is 0 Å². The molecule has 10 heavy (non-hydrogen) atoms. The van der Waals surface area contributed by atoms with Crippen molar-refractivity contribution in [3.8, 4) is 0 Å². The predicted molar refractivity (Wildman–Crippen MR) is 40.7 cm³/mol. The third kappa shape index (κ3) is 3.09. The average molecular weight is 143 g/mol. The van der Waals surface area contributed by atoms with E-state index in [1.807, 2.05) is 6.92 Å². The lowest BCUT2D eigenvalue weighted by Crippen LogP contribution is -2.19. The van der Waals surface area contributed by atoms with Crippen LogP contribution in [0, 0.1) is 5.41 Å². The number of nitrogens with two attached hydrogens (primary N) is 1. The molecular weight excluding hydrogens is 130 g/mol. The zero-order chi connectivity index (χ0) is 7.98. The first kappa shape index (κ1) is 8.97. The summed E-state index contributed by atoms with van der Waals surface area (Å²) in [6.45, 7) is 1.83. The van der Waals surface area contributed by atoms with E-state index in [9.17, 15) is 0 Å². The van der Waals surface area contributed by atoms with Crippen LogP contribution in [0.5, 0.6) is 0 Å². The Morgan fingerprint density at radius 1 is 1.80 bits per heavy atom. The van der Waals surface area contributed by atoms with Crippen LogP contribution in [0.2, 0.25) is 0 Å². The second-order valence-electron chi connectivity index (χ2n) is 1.83. The summed E-state index contributed by atoms with van der Waals surface area (Å²) in [6, 6.07) is 0. The van der Waals surface area contributed by atoms with Crippen molar-refractivity contribution in [2.45, 2.75) is 13.0 Å². The Bertz CT molecular complexity index is 133. The molecule has 0 amide bonds. The first-order valence-corrected chi connectivity index (χ1v) is 2.95. The zero-order valence-corrected chi connectivity index (χ0v) is 6.22. The summed E-state index contributed by atoms with van der Waals surface area (Å²) in [4.78, 5) is 0. The van der Waals surface area contributed by atoms with E-state index in [-0.39, 0.29) is 6.10 Å². The molecule has 0 aromatic rings. The van der Waals surface area contributed by atoms with Crippen molar-refractivity contribution in [2.75, 3.05) is 7.11 Å². The first-order chi connectivity index (χ1) is 4.72. The molecule has 4 nitrogen and oxygen atoms in total. The van der Waals surface area contributed by atoms with Crippen molar-refractivity contribution in [3.05, 3.63) is 11.9 Å². The Labute approximate surface area is 60.6 Å². The number of nitrogens with one attached hydrogen (secondary N) is 2. The van der Waals surface area contributed by atoms with Gasteiger partial charge in [0.1, 0.15) is 0 Å². The van der Waals surface area contributed by atoms with Gasteiger partial charge in [0.15, 0.2) is 0 Å². The summed E-state index contributed by atoms with van der Waals surface area (Å²) in [5.74, 6) is 0. The quantitative estimate of drug-likeness (QED) is 0.383. The first-order valence-electron chi connectivity index (χ1n) is 2.95. The van der Waals surface area contributed by atoms with E-state index in [1.54, 1.807) is 7.11 Å². The van der Waals surface area contributed by atoms with Crippen molar-refractivity contribution in [1.82, 2.24) is 5.32 Å². The van der Waals surface area contributed by atoms with Crippen molar-refractivity contribution >= 4 is 6.34 Å². The van der Waals surface area contributed by atoms with Crippen LogP contribution in [0.25, 0.3) is 0 Å². The van der Waals surface area contributed by atoms with Gasteiger partial charge in [-0.3, -0.25) is 5.41 Å². The molecule has 0 aromatic heterocycles. The Balaban J connectivity index is 3.78. The molecule has 0 aromatic carbocycles. The topological polar surface area (TPSA) is 71.1 Å². The molecule has 0 radical (unpaired) electrons. The highest BCUT2D eigenvalue weighted by Crippen LogP contribution is 1.94. The molecule has 0 spiro atoms. The summed E-state index contributed by atoms with van der Waals surface area (Å²) in [6.07, 6.45) is 2.48. The number of ether oxygens (including phenoxy) is 1. The molecule has 0 saturated heterocycles. The van der Waals surface area contributed by atoms with Crippen LogP contribution in [0.1, 0.15) is 6.92 Å². The van der Waals surface area contributed by atoms with Crippen LogP contribution in [-0.2, 0) is 4.74 Å². The van der Waals surface area contributed by atoms with Gasteiger partial charge in [-0.25, -0.2) is 0 Å². The van der Waals surface area contributed by atoms with E-state index < -0.39 is 0 Å². The molecule has 0 rings (SSSR count). The van der Waals surface area contributed by atoms with Gasteiger partial charge >= 0.3 is 0 Å². The molecule has 0 aliphatic heterocycles. The van der Waals surface area contributed by atoms with Crippen molar-refractivity contribution < 1.29 is 4.74 Å². The fourth-order valence-corrected chi connectivity index (χ4v) is 0.391. The molecule has 0 heterocycles. The third-order valence-corrected chi connectivity index (χ3v) is 1.16. The minimum absolute atomic E-state index is 0.104. The van der Waals surface area contributed by atoms with Gasteiger partial charge in [-0.05, 0) is 6.92 Å². The molecular formula is C6H13N3O. The normalized spacial score (nSPS) is 14.4. The largest absolute Gasteiger partial charge is 0.399 e. The summed E-state index contributed by atoms with van der Waals surface area (Å²) < 4.78 is 4.90. The SMILES string of the molecule is CO[C@H](C)/C(N)=C/NC=N.